The molecule has 31 heavy (non-hydrogen) atoms. The highest BCUT2D eigenvalue weighted by atomic mass is 32.1. The van der Waals surface area contributed by atoms with Gasteiger partial charge in [-0.15, -0.1) is 11.3 Å². The Labute approximate surface area is 180 Å². The average molecular weight is 449 g/mol. The van der Waals surface area contributed by atoms with Crippen LogP contribution in [0.4, 0.5) is 20.2 Å². The summed E-state index contributed by atoms with van der Waals surface area (Å²) in [5.41, 5.74) is 0.428. The van der Waals surface area contributed by atoms with Gasteiger partial charge in [0.1, 0.15) is 15.3 Å². The van der Waals surface area contributed by atoms with Crippen molar-refractivity contribution in [1.82, 2.24) is 9.88 Å². The third-order valence-corrected chi connectivity index (χ3v) is 5.40. The fraction of sp³-hybridized carbons (Fsp3) is 0.300. The van der Waals surface area contributed by atoms with Gasteiger partial charge in [0.05, 0.1) is 6.54 Å². The Balaban J connectivity index is 2.47. The topological polar surface area (TPSA) is 107 Å². The predicted octanol–water partition coefficient (Wildman–Crippen LogP) is 0.818. The summed E-state index contributed by atoms with van der Waals surface area (Å²) in [7, 11) is 1.63. The minimum atomic E-state index is -2.76. The van der Waals surface area contributed by atoms with Gasteiger partial charge in [-0.25, -0.2) is 8.78 Å². The van der Waals surface area contributed by atoms with Crippen molar-refractivity contribution in [3.63, 3.8) is 0 Å². The second kappa shape index (κ2) is 10.5. The quantitative estimate of drug-likeness (QED) is 0.651. The summed E-state index contributed by atoms with van der Waals surface area (Å²) in [4.78, 5) is 37.8. The van der Waals surface area contributed by atoms with Crippen molar-refractivity contribution in [2.75, 3.05) is 23.8 Å². The van der Waals surface area contributed by atoms with Crippen LogP contribution < -0.4 is 30.3 Å². The van der Waals surface area contributed by atoms with Crippen LogP contribution in [0.1, 0.15) is 13.8 Å². The Morgan fingerprint density at radius 1 is 1.39 bits per heavy atom. The first-order chi connectivity index (χ1) is 14.7. The van der Waals surface area contributed by atoms with Crippen LogP contribution in [0, 0.1) is 11.3 Å². The molecule has 0 bridgehead atoms. The van der Waals surface area contributed by atoms with Gasteiger partial charge in [0.25, 0.3) is 17.9 Å². The fourth-order valence-corrected chi connectivity index (χ4v) is 3.67. The van der Waals surface area contributed by atoms with Gasteiger partial charge in [0.15, 0.2) is 5.57 Å². The molecule has 2 N–H and O–H groups in total. The summed E-state index contributed by atoms with van der Waals surface area (Å²) in [6.45, 7) is 2.40. The van der Waals surface area contributed by atoms with E-state index in [1.54, 1.807) is 44.3 Å². The molecular weight excluding hydrogens is 428 g/mol. The Morgan fingerprint density at radius 2 is 2.10 bits per heavy atom. The van der Waals surface area contributed by atoms with Gasteiger partial charge in [-0.1, -0.05) is 6.07 Å². The highest BCUT2D eigenvalue weighted by Crippen LogP contribution is 2.18. The number of nitrogens with one attached hydrogen (secondary N) is 2. The minimum Gasteiger partial charge on any atom is -0.360 e. The lowest BCUT2D eigenvalue weighted by molar-refractivity contribution is -0.117. The third kappa shape index (κ3) is 5.76. The number of anilines is 2. The third-order valence-electron chi connectivity index (χ3n) is 4.27. The summed E-state index contributed by atoms with van der Waals surface area (Å²) >= 11 is 0.901. The van der Waals surface area contributed by atoms with E-state index in [9.17, 15) is 28.4 Å². The molecule has 2 rings (SSSR count). The largest absolute Gasteiger partial charge is 0.360 e. The maximum atomic E-state index is 12.7. The van der Waals surface area contributed by atoms with Crippen molar-refractivity contribution in [2.45, 2.75) is 26.8 Å². The van der Waals surface area contributed by atoms with E-state index in [0.717, 1.165) is 11.3 Å². The van der Waals surface area contributed by atoms with Crippen LogP contribution in [-0.4, -0.2) is 36.4 Å². The van der Waals surface area contributed by atoms with Crippen molar-refractivity contribution in [2.24, 2.45) is 0 Å². The molecule has 1 aromatic heterocycles. The Bertz CT molecular complexity index is 1200. The number of thiazole rings is 1. The number of aromatic nitrogens is 1. The van der Waals surface area contributed by atoms with E-state index < -0.39 is 30.0 Å². The van der Waals surface area contributed by atoms with Gasteiger partial charge >= 0.3 is 0 Å². The number of hydrogen-bond donors (Lipinski definition) is 2. The molecular formula is C20H21F2N5O3S. The number of carbonyl (C=O) groups excluding carboxylic acids is 2. The molecule has 0 fully saturated rings. The maximum absolute atomic E-state index is 12.7. The summed E-state index contributed by atoms with van der Waals surface area (Å²) < 4.78 is 26.3. The lowest BCUT2D eigenvalue weighted by atomic mass is 10.2. The van der Waals surface area contributed by atoms with Gasteiger partial charge in [-0.3, -0.25) is 19.0 Å². The van der Waals surface area contributed by atoms with Crippen molar-refractivity contribution in [1.29, 1.82) is 5.26 Å². The van der Waals surface area contributed by atoms with Gasteiger partial charge in [0.2, 0.25) is 5.91 Å². The maximum Gasteiger partial charge on any atom is 0.270 e. The van der Waals surface area contributed by atoms with Crippen LogP contribution in [0.15, 0.2) is 29.1 Å². The monoisotopic (exact) mass is 449 g/mol. The molecule has 0 radical (unpaired) electrons. The second-order valence-electron chi connectivity index (χ2n) is 6.33. The molecule has 0 spiro atoms. The highest BCUT2D eigenvalue weighted by Gasteiger charge is 2.16. The minimum absolute atomic E-state index is 0.0832. The van der Waals surface area contributed by atoms with Crippen molar-refractivity contribution >= 4 is 46.3 Å². The van der Waals surface area contributed by atoms with Crippen LogP contribution in [0.5, 0.6) is 0 Å². The van der Waals surface area contributed by atoms with Crippen LogP contribution in [0.3, 0.4) is 0 Å². The summed E-state index contributed by atoms with van der Waals surface area (Å²) in [6.07, 6.45) is -1.33. The number of carbonyl (C=O) groups is 2. The second-order valence-corrected chi connectivity index (χ2v) is 7.36. The zero-order valence-electron chi connectivity index (χ0n) is 17.1. The molecule has 11 heteroatoms. The van der Waals surface area contributed by atoms with Gasteiger partial charge in [-0.2, -0.15) is 5.26 Å². The molecule has 1 aromatic carbocycles. The van der Waals surface area contributed by atoms with Crippen molar-refractivity contribution in [3.8, 4) is 6.07 Å². The molecule has 164 valence electrons. The Kier molecular flexibility index (Phi) is 8.04. The first-order valence-corrected chi connectivity index (χ1v) is 10.0. The van der Waals surface area contributed by atoms with E-state index in [-0.39, 0.29) is 21.6 Å². The zero-order chi connectivity index (χ0) is 23.1. The molecule has 2 aromatic rings. The predicted molar refractivity (Wildman–Crippen MR) is 115 cm³/mol. The molecule has 0 aliphatic carbocycles. The van der Waals surface area contributed by atoms with E-state index in [1.165, 1.54) is 22.6 Å². The molecule has 8 nitrogen and oxygen atoms in total. The SMILES string of the molecule is CCn1c(=O)/c(=C\Nc2cccc(N(C)C(C)=O)c2)s/c1=C(/C#N)C(=O)NCC(F)F. The van der Waals surface area contributed by atoms with Gasteiger partial charge in [0, 0.05) is 38.1 Å². The molecule has 0 atom stereocenters. The summed E-state index contributed by atoms with van der Waals surface area (Å²) in [6, 6.07) is 8.66. The fourth-order valence-electron chi connectivity index (χ4n) is 2.58. The zero-order valence-corrected chi connectivity index (χ0v) is 17.9. The number of amides is 2. The number of halogens is 2. The lowest BCUT2D eigenvalue weighted by Crippen LogP contribution is -2.35. The number of benzene rings is 1. The van der Waals surface area contributed by atoms with Gasteiger partial charge in [-0.05, 0) is 25.1 Å². The lowest BCUT2D eigenvalue weighted by Gasteiger charge is -2.15. The Morgan fingerprint density at radius 3 is 2.68 bits per heavy atom. The Hall–Kier alpha value is -3.52. The average Bonchev–Trinajstić information content (AvgIpc) is 3.05. The van der Waals surface area contributed by atoms with Crippen molar-refractivity contribution in [3.05, 3.63) is 43.8 Å². The van der Waals surface area contributed by atoms with Gasteiger partial charge < -0.3 is 15.5 Å². The number of nitriles is 1. The highest BCUT2D eigenvalue weighted by molar-refractivity contribution is 7.07. The molecule has 1 heterocycles. The van der Waals surface area contributed by atoms with Crippen LogP contribution in [0.2, 0.25) is 0 Å². The van der Waals surface area contributed by atoms with E-state index >= 15 is 0 Å². The first kappa shape index (κ1) is 23.8. The molecule has 0 saturated carbocycles. The standard InChI is InChI=1S/C20H21F2N5O3S/c1-4-27-19(30)16(31-20(27)15(9-23)18(29)25-11-17(21)22)10-24-13-6-5-7-14(8-13)26(3)12(2)28/h5-8,10,17,24H,4,11H2,1-3H3,(H,25,29)/b16-10+,20-15-. The van der Waals surface area contributed by atoms with Crippen molar-refractivity contribution < 1.29 is 18.4 Å². The number of alkyl halides is 2. The van der Waals surface area contributed by atoms with Crippen LogP contribution in [0.25, 0.3) is 11.8 Å². The molecule has 2 amide bonds. The van der Waals surface area contributed by atoms with Crippen LogP contribution in [-0.2, 0) is 16.1 Å². The molecule has 0 saturated heterocycles. The summed E-state index contributed by atoms with van der Waals surface area (Å²) in [5.74, 6) is -1.11. The van der Waals surface area contributed by atoms with Crippen LogP contribution >= 0.6 is 11.3 Å². The first-order valence-electron chi connectivity index (χ1n) is 9.21. The van der Waals surface area contributed by atoms with E-state index in [0.29, 0.717) is 11.4 Å². The smallest absolute Gasteiger partial charge is 0.270 e. The molecule has 0 aliphatic rings. The number of hydrogen-bond acceptors (Lipinski definition) is 6. The molecule has 0 unspecified atom stereocenters. The number of rotatable bonds is 7. The molecule has 0 aliphatic heterocycles. The van der Waals surface area contributed by atoms with E-state index in [1.807, 2.05) is 5.32 Å². The summed E-state index contributed by atoms with van der Waals surface area (Å²) in [5, 5.41) is 14.3. The normalized spacial score (nSPS) is 12.4. The number of nitrogens with zero attached hydrogens (tertiary/aromatic N) is 3. The van der Waals surface area contributed by atoms with E-state index in [4.69, 9.17) is 0 Å². The van der Waals surface area contributed by atoms with E-state index in [2.05, 4.69) is 5.32 Å².